The minimum Gasteiger partial charge on any atom is -0.486 e. The second-order valence-corrected chi connectivity index (χ2v) is 8.25. The first-order valence-corrected chi connectivity index (χ1v) is 11.4. The van der Waals surface area contributed by atoms with E-state index in [1.54, 1.807) is 17.7 Å². The van der Waals surface area contributed by atoms with Crippen LogP contribution in [0.5, 0.6) is 11.5 Å². The van der Waals surface area contributed by atoms with E-state index in [-0.39, 0.29) is 17.7 Å². The van der Waals surface area contributed by atoms with E-state index in [0.717, 1.165) is 16.2 Å². The van der Waals surface area contributed by atoms with E-state index in [0.29, 0.717) is 41.5 Å². The van der Waals surface area contributed by atoms with E-state index in [4.69, 9.17) is 14.6 Å². The molecule has 0 atom stereocenters. The summed E-state index contributed by atoms with van der Waals surface area (Å²) in [6.45, 7) is 6.18. The lowest BCUT2D eigenvalue weighted by atomic mass is 9.93. The van der Waals surface area contributed by atoms with Gasteiger partial charge in [0, 0.05) is 29.4 Å². The molecule has 36 heavy (non-hydrogen) atoms. The number of ether oxygens (including phenoxy) is 2. The molecule has 0 saturated heterocycles. The Morgan fingerprint density at radius 2 is 1.83 bits per heavy atom. The number of carbonyl (C=O) groups is 2. The summed E-state index contributed by atoms with van der Waals surface area (Å²) in [6, 6.07) is 17.1. The monoisotopic (exact) mass is 478 g/mol. The Balaban J connectivity index is 1.69. The van der Waals surface area contributed by atoms with E-state index in [2.05, 4.69) is 6.58 Å². The molecule has 2 aliphatic rings. The van der Waals surface area contributed by atoms with Gasteiger partial charge in [-0.1, -0.05) is 24.3 Å². The van der Waals surface area contributed by atoms with Crippen LogP contribution in [-0.4, -0.2) is 46.3 Å². The Kier molecular flexibility index (Phi) is 5.97. The van der Waals surface area contributed by atoms with Crippen LogP contribution in [0.1, 0.15) is 12.5 Å². The van der Waals surface area contributed by atoms with Crippen LogP contribution in [-0.2, 0) is 9.59 Å². The van der Waals surface area contributed by atoms with Crippen molar-refractivity contribution in [2.45, 2.75) is 6.92 Å². The molecule has 5 rings (SSSR count). The standard InChI is InChI=1S/C28H22N4O4/c1-3-11-31-27(33)22(18(2)23(16-29)28(31)34)14-20-17-32(21-7-5-4-6-8-21)30-26(20)19-9-10-24-25(15-19)36-13-12-35-24/h3-10,14-15,17H,1,11-13H2,2H3/b22-14+. The summed E-state index contributed by atoms with van der Waals surface area (Å²) in [6.07, 6.45) is 4.95. The highest BCUT2D eigenvalue weighted by Crippen LogP contribution is 2.36. The lowest BCUT2D eigenvalue weighted by Crippen LogP contribution is -2.42. The number of nitrogens with zero attached hydrogens (tertiary/aromatic N) is 4. The van der Waals surface area contributed by atoms with Crippen molar-refractivity contribution < 1.29 is 19.1 Å². The first kappa shape index (κ1) is 22.9. The number of fused-ring (bicyclic) bond motifs is 1. The highest BCUT2D eigenvalue weighted by Gasteiger charge is 2.35. The molecule has 178 valence electrons. The predicted octanol–water partition coefficient (Wildman–Crippen LogP) is 4.09. The fourth-order valence-corrected chi connectivity index (χ4v) is 4.20. The van der Waals surface area contributed by atoms with Crippen LogP contribution in [0.3, 0.4) is 0 Å². The average Bonchev–Trinajstić information content (AvgIpc) is 3.33. The Morgan fingerprint density at radius 1 is 1.08 bits per heavy atom. The number of benzene rings is 2. The third-order valence-corrected chi connectivity index (χ3v) is 6.02. The van der Waals surface area contributed by atoms with Crippen molar-refractivity contribution in [1.82, 2.24) is 14.7 Å². The normalized spacial score (nSPS) is 16.3. The van der Waals surface area contributed by atoms with E-state index in [1.807, 2.05) is 60.8 Å². The van der Waals surface area contributed by atoms with Gasteiger partial charge in [0.25, 0.3) is 11.8 Å². The molecule has 0 spiro atoms. The SMILES string of the molecule is C=CCN1C(=O)C(C#N)=C(C)/C(=C\c2cn(-c3ccccc3)nc2-c2ccc3c(c2)OCCO3)C1=O. The van der Waals surface area contributed by atoms with Crippen molar-refractivity contribution in [2.24, 2.45) is 0 Å². The molecule has 2 aliphatic heterocycles. The molecule has 0 radical (unpaired) electrons. The lowest BCUT2D eigenvalue weighted by molar-refractivity contribution is -0.139. The number of carbonyl (C=O) groups excluding carboxylic acids is 2. The molecule has 0 aliphatic carbocycles. The number of hydrogen-bond donors (Lipinski definition) is 0. The van der Waals surface area contributed by atoms with Crippen molar-refractivity contribution >= 4 is 17.9 Å². The molecule has 8 nitrogen and oxygen atoms in total. The molecule has 2 amide bonds. The second kappa shape index (κ2) is 9.39. The van der Waals surface area contributed by atoms with Gasteiger partial charge in [0.15, 0.2) is 11.5 Å². The van der Waals surface area contributed by atoms with Crippen molar-refractivity contribution in [3.05, 3.63) is 89.7 Å². The fourth-order valence-electron chi connectivity index (χ4n) is 4.20. The summed E-state index contributed by atoms with van der Waals surface area (Å²) in [5.74, 6) is 0.165. The van der Waals surface area contributed by atoms with Crippen LogP contribution in [0.25, 0.3) is 23.0 Å². The molecular formula is C28H22N4O4. The van der Waals surface area contributed by atoms with Crippen molar-refractivity contribution in [1.29, 1.82) is 5.26 Å². The summed E-state index contributed by atoms with van der Waals surface area (Å²) < 4.78 is 13.1. The summed E-state index contributed by atoms with van der Waals surface area (Å²) in [4.78, 5) is 27.0. The molecule has 0 fully saturated rings. The topological polar surface area (TPSA) is 97.5 Å². The second-order valence-electron chi connectivity index (χ2n) is 8.25. The number of nitriles is 1. The van der Waals surface area contributed by atoms with Gasteiger partial charge in [0.2, 0.25) is 0 Å². The molecule has 3 heterocycles. The predicted molar refractivity (Wildman–Crippen MR) is 133 cm³/mol. The number of aromatic nitrogens is 2. The number of para-hydroxylation sites is 1. The molecule has 0 N–H and O–H groups in total. The maximum absolute atomic E-state index is 13.3. The minimum absolute atomic E-state index is 0.00572. The van der Waals surface area contributed by atoms with E-state index < -0.39 is 11.8 Å². The highest BCUT2D eigenvalue weighted by molar-refractivity contribution is 6.19. The molecule has 0 bridgehead atoms. The number of imide groups is 1. The van der Waals surface area contributed by atoms with Gasteiger partial charge in [-0.05, 0) is 48.9 Å². The summed E-state index contributed by atoms with van der Waals surface area (Å²) in [7, 11) is 0. The summed E-state index contributed by atoms with van der Waals surface area (Å²) >= 11 is 0. The Bertz CT molecular complexity index is 1490. The van der Waals surface area contributed by atoms with Crippen LogP contribution in [0.2, 0.25) is 0 Å². The van der Waals surface area contributed by atoms with Gasteiger partial charge in [-0.2, -0.15) is 10.4 Å². The number of rotatable bonds is 5. The molecule has 8 heteroatoms. The van der Waals surface area contributed by atoms with Crippen molar-refractivity contribution in [3.8, 4) is 34.5 Å². The molecular weight excluding hydrogens is 456 g/mol. The van der Waals surface area contributed by atoms with E-state index >= 15 is 0 Å². The zero-order chi connectivity index (χ0) is 25.2. The minimum atomic E-state index is -0.621. The Morgan fingerprint density at radius 3 is 2.56 bits per heavy atom. The largest absolute Gasteiger partial charge is 0.486 e. The molecule has 3 aromatic rings. The highest BCUT2D eigenvalue weighted by atomic mass is 16.6. The van der Waals surface area contributed by atoms with Crippen molar-refractivity contribution in [2.75, 3.05) is 19.8 Å². The van der Waals surface area contributed by atoms with Gasteiger partial charge in [-0.25, -0.2) is 4.68 Å². The zero-order valence-corrected chi connectivity index (χ0v) is 19.6. The fraction of sp³-hybridized carbons (Fsp3) is 0.143. The van der Waals surface area contributed by atoms with Gasteiger partial charge in [0.1, 0.15) is 30.6 Å². The van der Waals surface area contributed by atoms with Gasteiger partial charge >= 0.3 is 0 Å². The third kappa shape index (κ3) is 3.97. The average molecular weight is 479 g/mol. The lowest BCUT2D eigenvalue weighted by Gasteiger charge is -2.26. The summed E-state index contributed by atoms with van der Waals surface area (Å²) in [5.41, 5.74) is 3.36. The van der Waals surface area contributed by atoms with E-state index in [9.17, 15) is 14.9 Å². The first-order valence-electron chi connectivity index (χ1n) is 11.4. The smallest absolute Gasteiger partial charge is 0.271 e. The van der Waals surface area contributed by atoms with E-state index in [1.165, 1.54) is 6.08 Å². The third-order valence-electron chi connectivity index (χ3n) is 6.02. The molecule has 0 saturated carbocycles. The van der Waals surface area contributed by atoms with Crippen LogP contribution in [0, 0.1) is 11.3 Å². The Hall–Kier alpha value is -4.90. The van der Waals surface area contributed by atoms with Gasteiger partial charge in [-0.15, -0.1) is 6.58 Å². The maximum Gasteiger partial charge on any atom is 0.271 e. The number of hydrogen-bond acceptors (Lipinski definition) is 6. The van der Waals surface area contributed by atoms with Crippen LogP contribution in [0.15, 0.2) is 84.1 Å². The quantitative estimate of drug-likeness (QED) is 0.311. The van der Waals surface area contributed by atoms with Crippen molar-refractivity contribution in [3.63, 3.8) is 0 Å². The first-order chi connectivity index (χ1) is 17.5. The van der Waals surface area contributed by atoms with Crippen LogP contribution >= 0.6 is 0 Å². The maximum atomic E-state index is 13.3. The van der Waals surface area contributed by atoms with Gasteiger partial charge in [0.05, 0.1) is 5.69 Å². The Labute approximate surface area is 208 Å². The van der Waals surface area contributed by atoms with Gasteiger partial charge in [-0.3, -0.25) is 14.5 Å². The summed E-state index contributed by atoms with van der Waals surface area (Å²) in [5, 5.41) is 14.4. The molecule has 0 unspecified atom stereocenters. The molecule has 2 aromatic carbocycles. The van der Waals surface area contributed by atoms with Crippen LogP contribution in [0.4, 0.5) is 0 Å². The number of amides is 2. The molecule has 1 aromatic heterocycles. The zero-order valence-electron chi connectivity index (χ0n) is 19.6. The van der Waals surface area contributed by atoms with Gasteiger partial charge < -0.3 is 9.47 Å². The van der Waals surface area contributed by atoms with Crippen LogP contribution < -0.4 is 9.47 Å².